The number of fused-ring (bicyclic) bond motifs is 1. The molecule has 0 aliphatic rings. The van der Waals surface area contributed by atoms with Crippen LogP contribution in [0.5, 0.6) is 0 Å². The Balaban J connectivity index is 1.81. The molecule has 2 heterocycles. The number of hydrogen-bond acceptors (Lipinski definition) is 3. The molecular formula is C24H23BrN4O. The average Bonchev–Trinajstić information content (AvgIpc) is 2.98. The van der Waals surface area contributed by atoms with E-state index in [0.717, 1.165) is 27.1 Å². The molecule has 4 aromatic rings. The molecular weight excluding hydrogens is 440 g/mol. The lowest BCUT2D eigenvalue weighted by Gasteiger charge is -2.14. The normalized spacial score (nSPS) is 11.7. The van der Waals surface area contributed by atoms with E-state index in [4.69, 9.17) is 0 Å². The Hall–Kier alpha value is -2.99. The highest BCUT2D eigenvalue weighted by Gasteiger charge is 2.13. The Labute approximate surface area is 183 Å². The molecule has 0 amide bonds. The van der Waals surface area contributed by atoms with Crippen LogP contribution in [0.2, 0.25) is 0 Å². The van der Waals surface area contributed by atoms with Gasteiger partial charge in [-0.1, -0.05) is 28.1 Å². The van der Waals surface area contributed by atoms with Crippen molar-refractivity contribution in [1.82, 2.24) is 14.2 Å². The molecule has 4 rings (SSSR count). The molecule has 5 nitrogen and oxygen atoms in total. The lowest BCUT2D eigenvalue weighted by molar-refractivity contribution is 0.770. The van der Waals surface area contributed by atoms with Gasteiger partial charge < -0.3 is 4.57 Å². The Morgan fingerprint density at radius 1 is 1.03 bits per heavy atom. The van der Waals surface area contributed by atoms with Crippen molar-refractivity contribution in [3.63, 3.8) is 0 Å². The molecule has 0 unspecified atom stereocenters. The van der Waals surface area contributed by atoms with Crippen LogP contribution in [0.3, 0.4) is 0 Å². The molecule has 0 atom stereocenters. The molecule has 0 aliphatic heterocycles. The number of hydrogen-bond donors (Lipinski definition) is 0. The quantitative estimate of drug-likeness (QED) is 0.384. The van der Waals surface area contributed by atoms with Gasteiger partial charge in [0.1, 0.15) is 5.82 Å². The van der Waals surface area contributed by atoms with E-state index >= 15 is 0 Å². The molecule has 6 heteroatoms. The van der Waals surface area contributed by atoms with Gasteiger partial charge in [0.2, 0.25) is 0 Å². The zero-order valence-corrected chi connectivity index (χ0v) is 19.3. The fourth-order valence-electron chi connectivity index (χ4n) is 3.78. The van der Waals surface area contributed by atoms with E-state index in [0.29, 0.717) is 16.7 Å². The monoisotopic (exact) mass is 462 g/mol. The summed E-state index contributed by atoms with van der Waals surface area (Å²) in [6.45, 7) is 10.2. The van der Waals surface area contributed by atoms with E-state index in [1.54, 1.807) is 19.2 Å². The van der Waals surface area contributed by atoms with Crippen molar-refractivity contribution >= 4 is 33.0 Å². The van der Waals surface area contributed by atoms with Crippen molar-refractivity contribution < 1.29 is 0 Å². The SMILES string of the molecule is Cc1cccc(-n2c(C)cc(C=Nn3c(C)nc4ccc(Br)cc4c3=O)c2C)c1C. The molecule has 0 aliphatic carbocycles. The van der Waals surface area contributed by atoms with Crippen LogP contribution in [0.15, 0.2) is 56.8 Å². The van der Waals surface area contributed by atoms with Gasteiger partial charge in [0, 0.05) is 27.1 Å². The second-order valence-electron chi connectivity index (χ2n) is 7.56. The molecule has 0 bridgehead atoms. The summed E-state index contributed by atoms with van der Waals surface area (Å²) >= 11 is 3.42. The van der Waals surface area contributed by atoms with Gasteiger partial charge in [-0.2, -0.15) is 9.78 Å². The largest absolute Gasteiger partial charge is 0.318 e. The summed E-state index contributed by atoms with van der Waals surface area (Å²) < 4.78 is 4.43. The van der Waals surface area contributed by atoms with Crippen LogP contribution in [-0.4, -0.2) is 20.4 Å². The summed E-state index contributed by atoms with van der Waals surface area (Å²) in [4.78, 5) is 17.5. The maximum atomic E-state index is 13.0. The first kappa shape index (κ1) is 20.3. The van der Waals surface area contributed by atoms with Gasteiger partial charge in [-0.15, -0.1) is 0 Å². The van der Waals surface area contributed by atoms with Crippen LogP contribution in [0.25, 0.3) is 16.6 Å². The minimum absolute atomic E-state index is 0.182. The zero-order valence-electron chi connectivity index (χ0n) is 17.7. The van der Waals surface area contributed by atoms with Crippen LogP contribution >= 0.6 is 15.9 Å². The minimum atomic E-state index is -0.182. The second-order valence-corrected chi connectivity index (χ2v) is 8.48. The van der Waals surface area contributed by atoms with Crippen molar-refractivity contribution in [2.75, 3.05) is 0 Å². The first-order valence-electron chi connectivity index (χ1n) is 9.76. The van der Waals surface area contributed by atoms with Gasteiger partial charge in [0.15, 0.2) is 0 Å². The van der Waals surface area contributed by atoms with Crippen molar-refractivity contribution in [2.45, 2.75) is 34.6 Å². The predicted octanol–water partition coefficient (Wildman–Crippen LogP) is 5.37. The standard InChI is InChI=1S/C24H23BrN4O/c1-14-7-6-8-23(16(14)3)28-15(2)11-19(17(28)4)13-26-29-18(5)27-22-10-9-20(25)12-21(22)24(29)30/h6-13H,1-5H3. The third kappa shape index (κ3) is 3.41. The van der Waals surface area contributed by atoms with Crippen LogP contribution in [0, 0.1) is 34.6 Å². The van der Waals surface area contributed by atoms with E-state index < -0.39 is 0 Å². The summed E-state index contributed by atoms with van der Waals surface area (Å²) in [5.74, 6) is 0.550. The molecule has 0 spiro atoms. The highest BCUT2D eigenvalue weighted by Crippen LogP contribution is 2.24. The average molecular weight is 463 g/mol. The van der Waals surface area contributed by atoms with Crippen molar-refractivity contribution in [3.05, 3.63) is 91.2 Å². The maximum Gasteiger partial charge on any atom is 0.282 e. The minimum Gasteiger partial charge on any atom is -0.318 e. The van der Waals surface area contributed by atoms with Gasteiger partial charge in [-0.25, -0.2) is 4.98 Å². The van der Waals surface area contributed by atoms with Crippen molar-refractivity contribution in [3.8, 4) is 5.69 Å². The molecule has 152 valence electrons. The number of aryl methyl sites for hydroxylation is 3. The van der Waals surface area contributed by atoms with Crippen LogP contribution < -0.4 is 5.56 Å². The van der Waals surface area contributed by atoms with E-state index in [1.807, 2.05) is 12.1 Å². The maximum absolute atomic E-state index is 13.0. The summed E-state index contributed by atoms with van der Waals surface area (Å²) in [5.41, 5.74) is 7.31. The van der Waals surface area contributed by atoms with E-state index in [2.05, 4.69) is 82.5 Å². The molecule has 0 radical (unpaired) electrons. The molecule has 0 N–H and O–H groups in total. The van der Waals surface area contributed by atoms with Gasteiger partial charge >= 0.3 is 0 Å². The first-order valence-corrected chi connectivity index (χ1v) is 10.6. The number of benzene rings is 2. The highest BCUT2D eigenvalue weighted by atomic mass is 79.9. The zero-order chi connectivity index (χ0) is 21.6. The molecule has 0 saturated heterocycles. The third-order valence-electron chi connectivity index (χ3n) is 5.57. The lowest BCUT2D eigenvalue weighted by atomic mass is 10.1. The third-order valence-corrected chi connectivity index (χ3v) is 6.06. The second kappa shape index (κ2) is 7.69. The summed E-state index contributed by atoms with van der Waals surface area (Å²) in [7, 11) is 0. The van der Waals surface area contributed by atoms with Gasteiger partial charge in [-0.3, -0.25) is 4.79 Å². The molecule has 0 fully saturated rings. The topological polar surface area (TPSA) is 52.2 Å². The lowest BCUT2D eigenvalue weighted by Crippen LogP contribution is -2.20. The summed E-state index contributed by atoms with van der Waals surface area (Å²) in [5, 5.41) is 5.03. The molecule has 2 aromatic carbocycles. The number of nitrogens with zero attached hydrogens (tertiary/aromatic N) is 4. The van der Waals surface area contributed by atoms with Crippen molar-refractivity contribution in [1.29, 1.82) is 0 Å². The molecule has 0 saturated carbocycles. The highest BCUT2D eigenvalue weighted by molar-refractivity contribution is 9.10. The van der Waals surface area contributed by atoms with Gasteiger partial charge in [0.25, 0.3) is 5.56 Å². The van der Waals surface area contributed by atoms with Crippen LogP contribution in [0.1, 0.15) is 33.9 Å². The number of rotatable bonds is 3. The van der Waals surface area contributed by atoms with E-state index in [9.17, 15) is 4.79 Å². The summed E-state index contributed by atoms with van der Waals surface area (Å²) in [6, 6.07) is 13.9. The fraction of sp³-hybridized carbons (Fsp3) is 0.208. The van der Waals surface area contributed by atoms with Gasteiger partial charge in [-0.05, 0) is 76.1 Å². The number of halogens is 1. The van der Waals surface area contributed by atoms with Crippen LogP contribution in [-0.2, 0) is 0 Å². The smallest absolute Gasteiger partial charge is 0.282 e. The van der Waals surface area contributed by atoms with E-state index in [-0.39, 0.29) is 5.56 Å². The Bertz CT molecular complexity index is 1380. The first-order chi connectivity index (χ1) is 14.3. The predicted molar refractivity (Wildman–Crippen MR) is 126 cm³/mol. The van der Waals surface area contributed by atoms with Crippen molar-refractivity contribution in [2.24, 2.45) is 5.10 Å². The Morgan fingerprint density at radius 3 is 2.57 bits per heavy atom. The Morgan fingerprint density at radius 2 is 1.80 bits per heavy atom. The molecule has 2 aromatic heterocycles. The molecule has 30 heavy (non-hydrogen) atoms. The van der Waals surface area contributed by atoms with Crippen LogP contribution in [0.4, 0.5) is 0 Å². The van der Waals surface area contributed by atoms with Gasteiger partial charge in [0.05, 0.1) is 17.1 Å². The Kier molecular flexibility index (Phi) is 5.20. The fourth-order valence-corrected chi connectivity index (χ4v) is 4.14. The van der Waals surface area contributed by atoms with E-state index in [1.165, 1.54) is 15.8 Å². The summed E-state index contributed by atoms with van der Waals surface area (Å²) in [6.07, 6.45) is 1.74. The number of aromatic nitrogens is 3.